The molecule has 0 radical (unpaired) electrons. The van der Waals surface area contributed by atoms with Gasteiger partial charge in [0.15, 0.2) is 0 Å². The quantitative estimate of drug-likeness (QED) is 0.467. The smallest absolute Gasteiger partial charge is 0.0506 e. The Morgan fingerprint density at radius 3 is 1.88 bits per heavy atom. The number of aryl methyl sites for hydroxylation is 3. The first-order chi connectivity index (χ1) is 12.7. The van der Waals surface area contributed by atoms with Gasteiger partial charge in [0, 0.05) is 19.8 Å². The summed E-state index contributed by atoms with van der Waals surface area (Å²) in [6.07, 6.45) is 4.14. The molecule has 0 atom stereocenters. The zero-order valence-corrected chi connectivity index (χ0v) is 16.9. The first-order valence-electron chi connectivity index (χ1n) is 10.0. The van der Waals surface area contributed by atoms with E-state index in [1.54, 1.807) is 0 Å². The standard InChI is InChI=1S/C24H34O2/c1-5-14-26-16-13-22-12-10-20(4)18-24(22)23-17-19(3)9-11-21(23)8-7-15-25-6-2/h9-12,17-18H,5-8,13-16H2,1-4H3. The van der Waals surface area contributed by atoms with Crippen molar-refractivity contribution >= 4 is 0 Å². The van der Waals surface area contributed by atoms with Crippen molar-refractivity contribution in [3.8, 4) is 11.1 Å². The predicted molar refractivity (Wildman–Crippen MR) is 111 cm³/mol. The van der Waals surface area contributed by atoms with Crippen molar-refractivity contribution in [3.05, 3.63) is 58.7 Å². The minimum absolute atomic E-state index is 0.787. The molecule has 0 saturated carbocycles. The van der Waals surface area contributed by atoms with Gasteiger partial charge in [0.25, 0.3) is 0 Å². The lowest BCUT2D eigenvalue weighted by Gasteiger charge is -2.16. The van der Waals surface area contributed by atoms with Crippen molar-refractivity contribution in [3.63, 3.8) is 0 Å². The summed E-state index contributed by atoms with van der Waals surface area (Å²) >= 11 is 0. The Balaban J connectivity index is 2.27. The fraction of sp³-hybridized carbons (Fsp3) is 0.500. The van der Waals surface area contributed by atoms with Gasteiger partial charge in [0.05, 0.1) is 6.61 Å². The third kappa shape index (κ3) is 6.26. The van der Waals surface area contributed by atoms with Gasteiger partial charge in [0.1, 0.15) is 0 Å². The fourth-order valence-electron chi connectivity index (χ4n) is 3.26. The Kier molecular flexibility index (Phi) is 8.87. The van der Waals surface area contributed by atoms with Crippen LogP contribution in [0.5, 0.6) is 0 Å². The molecule has 0 saturated heterocycles. The van der Waals surface area contributed by atoms with Crippen LogP contribution in [0, 0.1) is 13.8 Å². The molecule has 0 bridgehead atoms. The van der Waals surface area contributed by atoms with Crippen molar-refractivity contribution in [2.45, 2.75) is 53.4 Å². The van der Waals surface area contributed by atoms with Crippen LogP contribution >= 0.6 is 0 Å². The monoisotopic (exact) mass is 354 g/mol. The predicted octanol–water partition coefficient (Wildman–Crippen LogP) is 5.91. The molecule has 0 heterocycles. The van der Waals surface area contributed by atoms with Crippen LogP contribution in [0.15, 0.2) is 36.4 Å². The van der Waals surface area contributed by atoms with E-state index in [0.717, 1.165) is 52.1 Å². The van der Waals surface area contributed by atoms with Crippen molar-refractivity contribution < 1.29 is 9.47 Å². The van der Waals surface area contributed by atoms with Crippen molar-refractivity contribution in [1.29, 1.82) is 0 Å². The van der Waals surface area contributed by atoms with Gasteiger partial charge in [-0.15, -0.1) is 0 Å². The normalized spacial score (nSPS) is 11.1. The summed E-state index contributed by atoms with van der Waals surface area (Å²) in [5.41, 5.74) is 8.14. The molecule has 0 aromatic heterocycles. The second-order valence-electron chi connectivity index (χ2n) is 6.98. The molecule has 142 valence electrons. The molecule has 0 aliphatic carbocycles. The molecule has 2 aromatic carbocycles. The van der Waals surface area contributed by atoms with E-state index in [4.69, 9.17) is 9.47 Å². The Labute approximate surface area is 159 Å². The largest absolute Gasteiger partial charge is 0.382 e. The lowest BCUT2D eigenvalue weighted by molar-refractivity contribution is 0.138. The molecular formula is C24H34O2. The Hall–Kier alpha value is -1.64. The SMILES string of the molecule is CCCOCCc1ccc(C)cc1-c1cc(C)ccc1CCCOCC. The fourth-order valence-corrected chi connectivity index (χ4v) is 3.26. The molecule has 0 aliphatic heterocycles. The van der Waals surface area contributed by atoms with Crippen LogP contribution in [0.4, 0.5) is 0 Å². The highest BCUT2D eigenvalue weighted by atomic mass is 16.5. The second kappa shape index (κ2) is 11.2. The second-order valence-corrected chi connectivity index (χ2v) is 6.98. The number of hydrogen-bond acceptors (Lipinski definition) is 2. The molecule has 0 spiro atoms. The van der Waals surface area contributed by atoms with E-state index in [2.05, 4.69) is 64.1 Å². The maximum absolute atomic E-state index is 5.74. The van der Waals surface area contributed by atoms with Crippen molar-refractivity contribution in [2.75, 3.05) is 26.4 Å². The maximum atomic E-state index is 5.74. The first kappa shape index (κ1) is 20.7. The Bertz CT molecular complexity index is 616. The third-order valence-corrected chi connectivity index (χ3v) is 4.62. The summed E-state index contributed by atoms with van der Waals surface area (Å²) in [7, 11) is 0. The van der Waals surface area contributed by atoms with E-state index in [9.17, 15) is 0 Å². The van der Waals surface area contributed by atoms with Gasteiger partial charge in [-0.05, 0) is 68.7 Å². The molecule has 2 heteroatoms. The highest BCUT2D eigenvalue weighted by Gasteiger charge is 2.11. The molecular weight excluding hydrogens is 320 g/mol. The van der Waals surface area contributed by atoms with Crippen LogP contribution in [0.3, 0.4) is 0 Å². The van der Waals surface area contributed by atoms with Gasteiger partial charge in [0.2, 0.25) is 0 Å². The molecule has 0 amide bonds. The van der Waals surface area contributed by atoms with Crippen LogP contribution < -0.4 is 0 Å². The summed E-state index contributed by atoms with van der Waals surface area (Å²) in [6, 6.07) is 13.7. The maximum Gasteiger partial charge on any atom is 0.0506 e. The number of ether oxygens (including phenoxy) is 2. The van der Waals surface area contributed by atoms with Crippen LogP contribution in [-0.4, -0.2) is 26.4 Å². The first-order valence-corrected chi connectivity index (χ1v) is 10.0. The minimum Gasteiger partial charge on any atom is -0.382 e. The van der Waals surface area contributed by atoms with E-state index >= 15 is 0 Å². The molecule has 0 fully saturated rings. The van der Waals surface area contributed by atoms with Gasteiger partial charge in [-0.3, -0.25) is 0 Å². The van der Waals surface area contributed by atoms with Crippen LogP contribution in [0.2, 0.25) is 0 Å². The average molecular weight is 355 g/mol. The molecule has 26 heavy (non-hydrogen) atoms. The minimum atomic E-state index is 0.787. The van der Waals surface area contributed by atoms with Gasteiger partial charge in [-0.2, -0.15) is 0 Å². The molecule has 2 nitrogen and oxygen atoms in total. The zero-order valence-electron chi connectivity index (χ0n) is 16.9. The van der Waals surface area contributed by atoms with Crippen LogP contribution in [0.1, 0.15) is 48.9 Å². The molecule has 0 aliphatic rings. The van der Waals surface area contributed by atoms with Crippen molar-refractivity contribution in [2.24, 2.45) is 0 Å². The van der Waals surface area contributed by atoms with Gasteiger partial charge < -0.3 is 9.47 Å². The van der Waals surface area contributed by atoms with Gasteiger partial charge in [-0.25, -0.2) is 0 Å². The lowest BCUT2D eigenvalue weighted by Crippen LogP contribution is -2.03. The summed E-state index contributed by atoms with van der Waals surface area (Å²) in [5, 5.41) is 0. The van der Waals surface area contributed by atoms with E-state index in [0.29, 0.717) is 0 Å². The Morgan fingerprint density at radius 1 is 0.692 bits per heavy atom. The van der Waals surface area contributed by atoms with Gasteiger partial charge >= 0.3 is 0 Å². The van der Waals surface area contributed by atoms with E-state index in [1.807, 2.05) is 0 Å². The summed E-state index contributed by atoms with van der Waals surface area (Å²) < 4.78 is 11.3. The summed E-state index contributed by atoms with van der Waals surface area (Å²) in [4.78, 5) is 0. The molecule has 0 N–H and O–H groups in total. The number of benzene rings is 2. The molecule has 2 rings (SSSR count). The highest BCUT2D eigenvalue weighted by Crippen LogP contribution is 2.30. The zero-order chi connectivity index (χ0) is 18.8. The van der Waals surface area contributed by atoms with Gasteiger partial charge in [-0.1, -0.05) is 54.4 Å². The van der Waals surface area contributed by atoms with E-state index in [-0.39, 0.29) is 0 Å². The lowest BCUT2D eigenvalue weighted by atomic mass is 9.90. The van der Waals surface area contributed by atoms with Crippen molar-refractivity contribution in [1.82, 2.24) is 0 Å². The van der Waals surface area contributed by atoms with Crippen LogP contribution in [-0.2, 0) is 22.3 Å². The Morgan fingerprint density at radius 2 is 1.31 bits per heavy atom. The van der Waals surface area contributed by atoms with E-state index in [1.165, 1.54) is 33.4 Å². The third-order valence-electron chi connectivity index (χ3n) is 4.62. The molecule has 2 aromatic rings. The molecule has 0 unspecified atom stereocenters. The topological polar surface area (TPSA) is 18.5 Å². The average Bonchev–Trinajstić information content (AvgIpc) is 2.64. The highest BCUT2D eigenvalue weighted by molar-refractivity contribution is 5.72. The summed E-state index contributed by atoms with van der Waals surface area (Å²) in [6.45, 7) is 11.8. The summed E-state index contributed by atoms with van der Waals surface area (Å²) in [5.74, 6) is 0. The van der Waals surface area contributed by atoms with Crippen LogP contribution in [0.25, 0.3) is 11.1 Å². The number of hydrogen-bond donors (Lipinski definition) is 0. The van der Waals surface area contributed by atoms with E-state index < -0.39 is 0 Å². The number of rotatable bonds is 11.